The summed E-state index contributed by atoms with van der Waals surface area (Å²) < 4.78 is 40.3. The lowest BCUT2D eigenvalue weighted by Crippen LogP contribution is -2.46. The second kappa shape index (κ2) is 13.2. The number of morpholine rings is 1. The van der Waals surface area contributed by atoms with Gasteiger partial charge in [-0.3, -0.25) is 9.36 Å². The molecular formula is C29H39F2N9O4. The number of nitrogens with zero attached hydrogens (tertiary/aromatic N) is 7. The molecular weight excluding hydrogens is 576 g/mol. The highest BCUT2D eigenvalue weighted by molar-refractivity contribution is 5.82. The van der Waals surface area contributed by atoms with Crippen LogP contribution in [0.3, 0.4) is 0 Å². The number of alkyl halides is 2. The zero-order chi connectivity index (χ0) is 31.4. The Hall–Kier alpha value is -4.14. The third-order valence-electron chi connectivity index (χ3n) is 7.40. The van der Waals surface area contributed by atoms with E-state index in [2.05, 4.69) is 30.6 Å². The van der Waals surface area contributed by atoms with E-state index in [1.807, 2.05) is 4.90 Å². The average Bonchev–Trinajstić information content (AvgIpc) is 3.38. The number of nitrogens with one attached hydrogen (secondary N) is 2. The van der Waals surface area contributed by atoms with Gasteiger partial charge in [0.05, 0.1) is 24.2 Å². The van der Waals surface area contributed by atoms with Crippen molar-refractivity contribution in [2.24, 2.45) is 0 Å². The summed E-state index contributed by atoms with van der Waals surface area (Å²) in [5.41, 5.74) is 0.248. The zero-order valence-electron chi connectivity index (χ0n) is 25.4. The number of benzene rings is 1. The molecule has 1 saturated heterocycles. The predicted octanol–water partition coefficient (Wildman–Crippen LogP) is 3.69. The van der Waals surface area contributed by atoms with Gasteiger partial charge < -0.3 is 29.9 Å². The fourth-order valence-electron chi connectivity index (χ4n) is 5.28. The maximum absolute atomic E-state index is 14.1. The zero-order valence-corrected chi connectivity index (χ0v) is 25.4. The number of carbonyl (C=O) groups is 2. The van der Waals surface area contributed by atoms with E-state index in [0.717, 1.165) is 12.8 Å². The molecule has 0 atom stereocenters. The standard InChI is InChI=1S/C29H39F2N9O4/c1-29(2,3)44-28(42)38(4)17-22(41)32-18-9-11-19(12-10-18)33-25-35-26(39-13-15-43-16-14-39)37-27(36-25)40-21-8-6-5-7-20(21)34-24(40)23(30)31/h5-8,18-19,23H,9-17H2,1-4H3,(H,32,41)(H,33,35,36,37)/t18-,19-. The Bertz CT molecular complexity index is 1460. The van der Waals surface area contributed by atoms with Crippen molar-refractivity contribution in [2.75, 3.05) is 50.1 Å². The number of fused-ring (bicyclic) bond motifs is 1. The van der Waals surface area contributed by atoms with Crippen LogP contribution in [-0.2, 0) is 14.3 Å². The summed E-state index contributed by atoms with van der Waals surface area (Å²) >= 11 is 0. The van der Waals surface area contributed by atoms with Gasteiger partial charge in [0.25, 0.3) is 6.43 Å². The van der Waals surface area contributed by atoms with E-state index in [4.69, 9.17) is 9.47 Å². The Morgan fingerprint density at radius 3 is 2.36 bits per heavy atom. The molecule has 238 valence electrons. The summed E-state index contributed by atoms with van der Waals surface area (Å²) in [6, 6.07) is 6.83. The van der Waals surface area contributed by atoms with E-state index < -0.39 is 23.9 Å². The van der Waals surface area contributed by atoms with Crippen LogP contribution in [0, 0.1) is 0 Å². The molecule has 0 spiro atoms. The van der Waals surface area contributed by atoms with Crippen molar-refractivity contribution in [3.05, 3.63) is 30.1 Å². The van der Waals surface area contributed by atoms with Gasteiger partial charge in [-0.1, -0.05) is 12.1 Å². The summed E-state index contributed by atoms with van der Waals surface area (Å²) in [5, 5.41) is 6.39. The number of aromatic nitrogens is 5. The molecule has 13 nitrogen and oxygen atoms in total. The summed E-state index contributed by atoms with van der Waals surface area (Å²) in [7, 11) is 1.53. The van der Waals surface area contributed by atoms with Gasteiger partial charge >= 0.3 is 6.09 Å². The smallest absolute Gasteiger partial charge is 0.410 e. The number of likely N-dealkylation sites (N-methyl/N-ethyl adjacent to an activating group) is 1. The first-order valence-electron chi connectivity index (χ1n) is 14.8. The SMILES string of the molecule is CN(CC(=O)N[C@H]1CC[C@H](Nc2nc(N3CCOCC3)nc(-n3c(C(F)F)nc4ccccc43)n2)CC1)C(=O)OC(C)(C)C. The minimum Gasteiger partial charge on any atom is -0.444 e. The second-order valence-corrected chi connectivity index (χ2v) is 12.1. The van der Waals surface area contributed by atoms with E-state index in [1.54, 1.807) is 45.0 Å². The molecule has 0 bridgehead atoms. The van der Waals surface area contributed by atoms with Gasteiger partial charge in [0.15, 0.2) is 5.82 Å². The monoisotopic (exact) mass is 615 g/mol. The Morgan fingerprint density at radius 2 is 1.68 bits per heavy atom. The molecule has 44 heavy (non-hydrogen) atoms. The Labute approximate surface area is 254 Å². The minimum absolute atomic E-state index is 0.00511. The number of rotatable bonds is 8. The lowest BCUT2D eigenvalue weighted by molar-refractivity contribution is -0.122. The van der Waals surface area contributed by atoms with Crippen molar-refractivity contribution in [2.45, 2.75) is 70.6 Å². The van der Waals surface area contributed by atoms with E-state index in [0.29, 0.717) is 56.1 Å². The van der Waals surface area contributed by atoms with Gasteiger partial charge in [-0.05, 0) is 58.6 Å². The fourth-order valence-corrected chi connectivity index (χ4v) is 5.28. The Kier molecular flexibility index (Phi) is 9.42. The highest BCUT2D eigenvalue weighted by Crippen LogP contribution is 2.28. The van der Waals surface area contributed by atoms with Gasteiger partial charge in [0.1, 0.15) is 12.1 Å². The lowest BCUT2D eigenvalue weighted by Gasteiger charge is -2.31. The molecule has 2 aromatic heterocycles. The Balaban J connectivity index is 1.28. The van der Waals surface area contributed by atoms with E-state index in [9.17, 15) is 18.4 Å². The van der Waals surface area contributed by atoms with E-state index >= 15 is 0 Å². The molecule has 2 fully saturated rings. The number of imidazole rings is 1. The van der Waals surface area contributed by atoms with Crippen molar-refractivity contribution in [3.8, 4) is 5.95 Å². The van der Waals surface area contributed by atoms with Crippen LogP contribution in [0.5, 0.6) is 0 Å². The number of amides is 2. The molecule has 0 radical (unpaired) electrons. The average molecular weight is 616 g/mol. The summed E-state index contributed by atoms with van der Waals surface area (Å²) in [6.07, 6.45) is -0.547. The minimum atomic E-state index is -2.84. The first kappa shape index (κ1) is 31.3. The largest absolute Gasteiger partial charge is 0.444 e. The third-order valence-corrected chi connectivity index (χ3v) is 7.40. The molecule has 1 aliphatic carbocycles. The molecule has 1 aliphatic heterocycles. The van der Waals surface area contributed by atoms with Gasteiger partial charge in [0.2, 0.25) is 23.8 Å². The predicted molar refractivity (Wildman–Crippen MR) is 159 cm³/mol. The highest BCUT2D eigenvalue weighted by Gasteiger charge is 2.28. The van der Waals surface area contributed by atoms with Gasteiger partial charge in [-0.25, -0.2) is 18.6 Å². The topological polar surface area (TPSA) is 140 Å². The molecule has 15 heteroatoms. The third kappa shape index (κ3) is 7.68. The van der Waals surface area contributed by atoms with Crippen LogP contribution in [0.4, 0.5) is 25.5 Å². The molecule has 3 heterocycles. The van der Waals surface area contributed by atoms with Crippen LogP contribution in [0.15, 0.2) is 24.3 Å². The Morgan fingerprint density at radius 1 is 1.02 bits per heavy atom. The van der Waals surface area contributed by atoms with Gasteiger partial charge in [0, 0.05) is 32.2 Å². The number of carbonyl (C=O) groups excluding carboxylic acids is 2. The number of para-hydroxylation sites is 2. The number of hydrogen-bond acceptors (Lipinski definition) is 10. The van der Waals surface area contributed by atoms with Crippen LogP contribution in [-0.4, -0.2) is 99.0 Å². The number of halogens is 2. The summed E-state index contributed by atoms with van der Waals surface area (Å²) in [6.45, 7) is 7.33. The lowest BCUT2D eigenvalue weighted by atomic mass is 9.91. The van der Waals surface area contributed by atoms with Crippen molar-refractivity contribution in [1.29, 1.82) is 0 Å². The quantitative estimate of drug-likeness (QED) is 0.386. The number of ether oxygens (including phenoxy) is 2. The molecule has 1 aromatic carbocycles. The number of hydrogen-bond donors (Lipinski definition) is 2. The van der Waals surface area contributed by atoms with Crippen molar-refractivity contribution < 1.29 is 27.8 Å². The van der Waals surface area contributed by atoms with Crippen LogP contribution >= 0.6 is 0 Å². The molecule has 2 amide bonds. The van der Waals surface area contributed by atoms with Crippen molar-refractivity contribution in [3.63, 3.8) is 0 Å². The van der Waals surface area contributed by atoms with Crippen LogP contribution < -0.4 is 15.5 Å². The van der Waals surface area contributed by atoms with E-state index in [1.165, 1.54) is 16.5 Å². The molecule has 5 rings (SSSR count). The molecule has 2 N–H and O–H groups in total. The molecule has 3 aromatic rings. The summed E-state index contributed by atoms with van der Waals surface area (Å²) in [5.74, 6) is 0.0112. The first-order chi connectivity index (χ1) is 21.0. The maximum Gasteiger partial charge on any atom is 0.410 e. The molecule has 0 unspecified atom stereocenters. The van der Waals surface area contributed by atoms with Crippen molar-refractivity contribution in [1.82, 2.24) is 34.7 Å². The normalized spacial score (nSPS) is 19.2. The summed E-state index contributed by atoms with van der Waals surface area (Å²) in [4.78, 5) is 46.0. The second-order valence-electron chi connectivity index (χ2n) is 12.1. The maximum atomic E-state index is 14.1. The fraction of sp³-hybridized carbons (Fsp3) is 0.586. The van der Waals surface area contributed by atoms with Crippen LogP contribution in [0.2, 0.25) is 0 Å². The van der Waals surface area contributed by atoms with Crippen LogP contribution in [0.1, 0.15) is 58.7 Å². The molecule has 2 aliphatic rings. The molecule has 1 saturated carbocycles. The van der Waals surface area contributed by atoms with Crippen LogP contribution in [0.25, 0.3) is 17.0 Å². The van der Waals surface area contributed by atoms with E-state index in [-0.39, 0.29) is 36.4 Å². The first-order valence-corrected chi connectivity index (χ1v) is 14.8. The van der Waals surface area contributed by atoms with Crippen molar-refractivity contribution >= 4 is 34.9 Å². The highest BCUT2D eigenvalue weighted by atomic mass is 19.3. The number of anilines is 2. The van der Waals surface area contributed by atoms with Gasteiger partial charge in [-0.15, -0.1) is 0 Å². The van der Waals surface area contributed by atoms with Gasteiger partial charge in [-0.2, -0.15) is 15.0 Å².